The Morgan fingerprint density at radius 1 is 1.67 bits per heavy atom. The van der Waals surface area contributed by atoms with Gasteiger partial charge in [-0.2, -0.15) is 0 Å². The molecular weight excluding hydrogens is 122 g/mol. The largest absolute Gasteiger partial charge is 0.390 e. The van der Waals surface area contributed by atoms with E-state index in [0.29, 0.717) is 6.61 Å². The van der Waals surface area contributed by atoms with Crippen molar-refractivity contribution in [1.82, 2.24) is 0 Å². The summed E-state index contributed by atoms with van der Waals surface area (Å²) in [5.74, 6) is 0. The van der Waals surface area contributed by atoms with E-state index >= 15 is 0 Å². The highest BCUT2D eigenvalue weighted by Gasteiger charge is 2.24. The lowest BCUT2D eigenvalue weighted by Crippen LogP contribution is -2.20. The minimum atomic E-state index is -0.610. The molecule has 0 aliphatic carbocycles. The van der Waals surface area contributed by atoms with E-state index in [1.54, 1.807) is 0 Å². The van der Waals surface area contributed by atoms with Gasteiger partial charge in [0.1, 0.15) is 0 Å². The van der Waals surface area contributed by atoms with Crippen LogP contribution in [0.4, 0.5) is 0 Å². The Hall–Kier alpha value is -0.770. The first kappa shape index (κ1) is 6.35. The molecule has 1 saturated heterocycles. The summed E-state index contributed by atoms with van der Waals surface area (Å²) in [5.41, 5.74) is 7.94. The second-order valence-corrected chi connectivity index (χ2v) is 1.88. The standard InChI is InChI=1S/C4H7N3O2/c5-7-6-3-1-9-2-4(3)8/h3-4,8H,1-2H2/t3-,4+/m1/s1. The number of azide groups is 1. The lowest BCUT2D eigenvalue weighted by molar-refractivity contribution is 0.125. The summed E-state index contributed by atoms with van der Waals surface area (Å²) in [5, 5.41) is 12.2. The highest BCUT2D eigenvalue weighted by molar-refractivity contribution is 4.80. The first-order valence-corrected chi connectivity index (χ1v) is 2.64. The molecule has 5 heteroatoms. The van der Waals surface area contributed by atoms with Crippen molar-refractivity contribution < 1.29 is 9.84 Å². The number of rotatable bonds is 1. The molecule has 0 amide bonds. The summed E-state index contributed by atoms with van der Waals surface area (Å²) >= 11 is 0. The summed E-state index contributed by atoms with van der Waals surface area (Å²) in [4.78, 5) is 2.55. The third-order valence-corrected chi connectivity index (χ3v) is 1.22. The zero-order valence-electron chi connectivity index (χ0n) is 4.77. The molecule has 9 heavy (non-hydrogen) atoms. The predicted octanol–water partition coefficient (Wildman–Crippen LogP) is 0.0564. The third-order valence-electron chi connectivity index (χ3n) is 1.22. The molecule has 0 aromatic rings. The van der Waals surface area contributed by atoms with E-state index < -0.39 is 6.10 Å². The molecule has 1 rings (SSSR count). The van der Waals surface area contributed by atoms with Gasteiger partial charge in [-0.25, -0.2) is 0 Å². The van der Waals surface area contributed by atoms with Gasteiger partial charge in [-0.05, 0) is 5.53 Å². The van der Waals surface area contributed by atoms with Gasteiger partial charge in [0.25, 0.3) is 0 Å². The molecular formula is C4H7N3O2. The number of hydrogen-bond donors (Lipinski definition) is 1. The monoisotopic (exact) mass is 129 g/mol. The SMILES string of the molecule is [N-]=[N+]=N[C@@H]1COC[C@@H]1O. The van der Waals surface area contributed by atoms with Gasteiger partial charge in [-0.3, -0.25) is 0 Å². The molecule has 1 N–H and O–H groups in total. The van der Waals surface area contributed by atoms with E-state index in [2.05, 4.69) is 10.0 Å². The maximum Gasteiger partial charge on any atom is 0.0889 e. The van der Waals surface area contributed by atoms with Gasteiger partial charge in [0.05, 0.1) is 25.4 Å². The summed E-state index contributed by atoms with van der Waals surface area (Å²) in [6.45, 7) is 0.620. The summed E-state index contributed by atoms with van der Waals surface area (Å²) in [7, 11) is 0. The van der Waals surface area contributed by atoms with E-state index in [1.807, 2.05) is 0 Å². The molecule has 0 radical (unpaired) electrons. The van der Waals surface area contributed by atoms with Gasteiger partial charge in [0.2, 0.25) is 0 Å². The van der Waals surface area contributed by atoms with Crippen LogP contribution in [0.15, 0.2) is 5.11 Å². The van der Waals surface area contributed by atoms with Crippen molar-refractivity contribution in [2.75, 3.05) is 13.2 Å². The van der Waals surface area contributed by atoms with Crippen LogP contribution in [0, 0.1) is 0 Å². The van der Waals surface area contributed by atoms with Crippen LogP contribution in [-0.2, 0) is 4.74 Å². The molecule has 0 saturated carbocycles. The van der Waals surface area contributed by atoms with E-state index in [9.17, 15) is 0 Å². The molecule has 50 valence electrons. The summed E-state index contributed by atoms with van der Waals surface area (Å²) < 4.78 is 4.81. The normalized spacial score (nSPS) is 33.9. The fraction of sp³-hybridized carbons (Fsp3) is 1.00. The van der Waals surface area contributed by atoms with Gasteiger partial charge in [0.15, 0.2) is 0 Å². The molecule has 1 heterocycles. The molecule has 1 fully saturated rings. The van der Waals surface area contributed by atoms with E-state index in [1.165, 1.54) is 0 Å². The minimum absolute atomic E-state index is 0.281. The van der Waals surface area contributed by atoms with Crippen molar-refractivity contribution >= 4 is 0 Å². The second-order valence-electron chi connectivity index (χ2n) is 1.88. The van der Waals surface area contributed by atoms with Crippen molar-refractivity contribution in [2.45, 2.75) is 12.1 Å². The molecule has 2 atom stereocenters. The number of hydrogen-bond acceptors (Lipinski definition) is 3. The predicted molar refractivity (Wildman–Crippen MR) is 29.8 cm³/mol. The molecule has 1 aliphatic rings. The average molecular weight is 129 g/mol. The highest BCUT2D eigenvalue weighted by Crippen LogP contribution is 2.08. The fourth-order valence-electron chi connectivity index (χ4n) is 0.708. The molecule has 1 aliphatic heterocycles. The molecule has 5 nitrogen and oxygen atoms in total. The number of ether oxygens (including phenoxy) is 1. The van der Waals surface area contributed by atoms with Crippen LogP contribution >= 0.6 is 0 Å². The topological polar surface area (TPSA) is 78.2 Å². The quantitative estimate of drug-likeness (QED) is 0.308. The summed E-state index contributed by atoms with van der Waals surface area (Å²) in [6.07, 6.45) is -0.610. The summed E-state index contributed by atoms with van der Waals surface area (Å²) in [6, 6.07) is -0.380. The Kier molecular flexibility index (Phi) is 1.89. The number of nitrogens with zero attached hydrogens (tertiary/aromatic N) is 3. The first-order valence-electron chi connectivity index (χ1n) is 2.64. The first-order chi connectivity index (χ1) is 4.34. The average Bonchev–Trinajstić information content (AvgIpc) is 2.18. The number of aliphatic hydroxyl groups is 1. The van der Waals surface area contributed by atoms with Crippen LogP contribution < -0.4 is 0 Å². The van der Waals surface area contributed by atoms with Gasteiger partial charge >= 0.3 is 0 Å². The van der Waals surface area contributed by atoms with Gasteiger partial charge < -0.3 is 9.84 Å². The van der Waals surface area contributed by atoms with Crippen molar-refractivity contribution in [3.05, 3.63) is 10.4 Å². The molecule has 0 unspecified atom stereocenters. The van der Waals surface area contributed by atoms with Crippen LogP contribution in [0.3, 0.4) is 0 Å². The Morgan fingerprint density at radius 3 is 2.89 bits per heavy atom. The smallest absolute Gasteiger partial charge is 0.0889 e. The Balaban J connectivity index is 2.49. The zero-order chi connectivity index (χ0) is 6.69. The number of aliphatic hydroxyl groups excluding tert-OH is 1. The maximum atomic E-state index is 8.93. The van der Waals surface area contributed by atoms with Crippen molar-refractivity contribution in [1.29, 1.82) is 0 Å². The molecule has 0 aromatic heterocycles. The lowest BCUT2D eigenvalue weighted by atomic mass is 10.2. The van der Waals surface area contributed by atoms with Crippen LogP contribution in [0.5, 0.6) is 0 Å². The fourth-order valence-corrected chi connectivity index (χ4v) is 0.708. The van der Waals surface area contributed by atoms with Gasteiger partial charge in [-0.15, -0.1) is 0 Å². The maximum absolute atomic E-state index is 8.93. The van der Waals surface area contributed by atoms with Crippen molar-refractivity contribution in [2.24, 2.45) is 5.11 Å². The molecule has 0 spiro atoms. The molecule has 0 bridgehead atoms. The van der Waals surface area contributed by atoms with Crippen LogP contribution in [0.1, 0.15) is 0 Å². The van der Waals surface area contributed by atoms with Crippen molar-refractivity contribution in [3.63, 3.8) is 0 Å². The highest BCUT2D eigenvalue weighted by atomic mass is 16.5. The van der Waals surface area contributed by atoms with Crippen molar-refractivity contribution in [3.8, 4) is 0 Å². The van der Waals surface area contributed by atoms with E-state index in [-0.39, 0.29) is 12.6 Å². The van der Waals surface area contributed by atoms with Crippen LogP contribution in [-0.4, -0.2) is 30.5 Å². The lowest BCUT2D eigenvalue weighted by Gasteiger charge is -2.01. The minimum Gasteiger partial charge on any atom is -0.390 e. The van der Waals surface area contributed by atoms with Crippen LogP contribution in [0.25, 0.3) is 10.4 Å². The second kappa shape index (κ2) is 2.68. The molecule has 0 aromatic carbocycles. The zero-order valence-corrected chi connectivity index (χ0v) is 4.77. The van der Waals surface area contributed by atoms with Crippen LogP contribution in [0.2, 0.25) is 0 Å². The third kappa shape index (κ3) is 1.32. The Labute approximate surface area is 51.9 Å². The Morgan fingerprint density at radius 2 is 2.44 bits per heavy atom. The van der Waals surface area contributed by atoms with Gasteiger partial charge in [0, 0.05) is 4.91 Å². The van der Waals surface area contributed by atoms with Gasteiger partial charge in [-0.1, -0.05) is 5.11 Å². The van der Waals surface area contributed by atoms with E-state index in [0.717, 1.165) is 0 Å². The Bertz CT molecular complexity index is 143. The van der Waals surface area contributed by atoms with E-state index in [4.69, 9.17) is 15.4 Å².